The van der Waals surface area contributed by atoms with Gasteiger partial charge in [0.05, 0.1) is 27.6 Å². The fraction of sp³-hybridized carbons (Fsp3) is 0.0526. The number of fused-ring (bicyclic) bond motifs is 12. The van der Waals surface area contributed by atoms with E-state index < -0.39 is 0 Å². The second-order valence-corrected chi connectivity index (χ2v) is 17.0. The molecule has 0 saturated carbocycles. The molecule has 60 heavy (non-hydrogen) atoms. The molecule has 0 aliphatic heterocycles. The van der Waals surface area contributed by atoms with Crippen molar-refractivity contribution in [3.63, 3.8) is 0 Å². The van der Waals surface area contributed by atoms with E-state index in [0.29, 0.717) is 0 Å². The molecule has 282 valence electrons. The van der Waals surface area contributed by atoms with Crippen LogP contribution in [0.3, 0.4) is 0 Å². The molecular formula is C57H39N3. The van der Waals surface area contributed by atoms with Gasteiger partial charge in [-0.05, 0) is 112 Å². The first-order valence-corrected chi connectivity index (χ1v) is 20.9. The van der Waals surface area contributed by atoms with Gasteiger partial charge in [0.25, 0.3) is 0 Å². The Balaban J connectivity index is 0.960. The van der Waals surface area contributed by atoms with Crippen LogP contribution in [0.25, 0.3) is 87.8 Å². The van der Waals surface area contributed by atoms with Crippen LogP contribution in [0.2, 0.25) is 0 Å². The summed E-state index contributed by atoms with van der Waals surface area (Å²) in [5.41, 5.74) is 18.5. The minimum atomic E-state index is -0.0465. The number of rotatable bonds is 5. The molecule has 0 atom stereocenters. The van der Waals surface area contributed by atoms with Crippen LogP contribution in [0.5, 0.6) is 0 Å². The van der Waals surface area contributed by atoms with E-state index in [4.69, 9.17) is 0 Å². The monoisotopic (exact) mass is 765 g/mol. The highest BCUT2D eigenvalue weighted by Crippen LogP contribution is 2.50. The van der Waals surface area contributed by atoms with Crippen molar-refractivity contribution in [2.45, 2.75) is 19.3 Å². The summed E-state index contributed by atoms with van der Waals surface area (Å²) in [5.74, 6) is 0. The van der Waals surface area contributed by atoms with Gasteiger partial charge in [-0.15, -0.1) is 0 Å². The summed E-state index contributed by atoms with van der Waals surface area (Å²) in [6.45, 7) is 4.71. The maximum absolute atomic E-state index is 2.45. The lowest BCUT2D eigenvalue weighted by molar-refractivity contribution is 0.660. The molecule has 12 aromatic rings. The third kappa shape index (κ3) is 4.55. The topological polar surface area (TPSA) is 12.6 Å². The summed E-state index contributed by atoms with van der Waals surface area (Å²) in [7, 11) is 0. The maximum Gasteiger partial charge on any atom is 0.0620 e. The van der Waals surface area contributed by atoms with E-state index in [0.717, 1.165) is 22.7 Å². The Kier molecular flexibility index (Phi) is 6.78. The molecule has 13 rings (SSSR count). The lowest BCUT2D eigenvalue weighted by Gasteiger charge is -2.26. The minimum absolute atomic E-state index is 0.0465. The summed E-state index contributed by atoms with van der Waals surface area (Å²) < 4.78 is 4.84. The van der Waals surface area contributed by atoms with Gasteiger partial charge < -0.3 is 13.9 Å². The van der Waals surface area contributed by atoms with Gasteiger partial charge >= 0.3 is 0 Å². The molecule has 0 unspecified atom stereocenters. The average molecular weight is 766 g/mol. The highest BCUT2D eigenvalue weighted by atomic mass is 15.1. The highest BCUT2D eigenvalue weighted by molar-refractivity contribution is 6.23. The second kappa shape index (κ2) is 12.2. The molecule has 1 aliphatic carbocycles. The Bertz CT molecular complexity index is 3620. The zero-order valence-electron chi connectivity index (χ0n) is 33.4. The van der Waals surface area contributed by atoms with Gasteiger partial charge in [-0.3, -0.25) is 0 Å². The first-order valence-electron chi connectivity index (χ1n) is 20.9. The number of para-hydroxylation sites is 4. The lowest BCUT2D eigenvalue weighted by Crippen LogP contribution is -2.14. The highest BCUT2D eigenvalue weighted by Gasteiger charge is 2.35. The standard InChI is InChI=1S/C57H39N3/c1-57(2)50-18-7-3-12-42(50)43-32-24-37(34-51(43)57)36-22-25-38(26-23-36)58(39-27-29-40(30-28-39)59-52-19-8-4-13-44(52)45-14-5-9-20-53(45)59)41-31-33-55-49(35-41)48-17-11-16-47-46-15-6-10-21-54(46)60(55)56(47)48/h3-35H,1-2H3. The zero-order chi connectivity index (χ0) is 39.7. The van der Waals surface area contributed by atoms with Crippen molar-refractivity contribution in [3.05, 3.63) is 211 Å². The van der Waals surface area contributed by atoms with Crippen molar-refractivity contribution in [2.24, 2.45) is 0 Å². The number of aromatic nitrogens is 2. The van der Waals surface area contributed by atoms with E-state index in [-0.39, 0.29) is 5.41 Å². The molecule has 0 bridgehead atoms. The van der Waals surface area contributed by atoms with Crippen molar-refractivity contribution in [1.29, 1.82) is 0 Å². The van der Waals surface area contributed by atoms with E-state index in [9.17, 15) is 0 Å². The number of nitrogens with zero attached hydrogens (tertiary/aromatic N) is 3. The van der Waals surface area contributed by atoms with E-state index in [1.54, 1.807) is 0 Å². The van der Waals surface area contributed by atoms with Gasteiger partial charge in [0, 0.05) is 60.5 Å². The number of anilines is 3. The molecular weight excluding hydrogens is 727 g/mol. The average Bonchev–Trinajstić information content (AvgIpc) is 4.00. The van der Waals surface area contributed by atoms with Crippen LogP contribution in [0, 0.1) is 0 Å². The van der Waals surface area contributed by atoms with Crippen LogP contribution in [0.15, 0.2) is 200 Å². The smallest absolute Gasteiger partial charge is 0.0620 e. The molecule has 3 heterocycles. The largest absolute Gasteiger partial charge is 0.310 e. The summed E-state index contributed by atoms with van der Waals surface area (Å²) >= 11 is 0. The van der Waals surface area contributed by atoms with Gasteiger partial charge in [0.15, 0.2) is 0 Å². The van der Waals surface area contributed by atoms with Gasteiger partial charge in [0.1, 0.15) is 0 Å². The van der Waals surface area contributed by atoms with Crippen LogP contribution < -0.4 is 4.90 Å². The molecule has 0 N–H and O–H groups in total. The number of hydrogen-bond donors (Lipinski definition) is 0. The normalized spacial score (nSPS) is 13.3. The SMILES string of the molecule is CC1(C)c2ccccc2-c2ccc(-c3ccc(N(c4ccc(-n5c6ccccc6c6ccccc65)cc4)c4ccc5c(c4)c4cccc6c7ccccc7n5c64)cc3)cc21. The van der Waals surface area contributed by atoms with E-state index in [2.05, 4.69) is 228 Å². The van der Waals surface area contributed by atoms with Gasteiger partial charge in [-0.1, -0.05) is 135 Å². The van der Waals surface area contributed by atoms with Crippen LogP contribution in [0.4, 0.5) is 17.1 Å². The van der Waals surface area contributed by atoms with Crippen molar-refractivity contribution in [2.75, 3.05) is 4.90 Å². The molecule has 0 radical (unpaired) electrons. The Labute approximate surface area is 347 Å². The summed E-state index contributed by atoms with van der Waals surface area (Å²) in [6, 6.07) is 74.1. The van der Waals surface area contributed by atoms with E-state index >= 15 is 0 Å². The third-order valence-electron chi connectivity index (χ3n) is 13.5. The first kappa shape index (κ1) is 33.4. The Morgan fingerprint density at radius 2 is 0.883 bits per heavy atom. The van der Waals surface area contributed by atoms with E-state index in [1.165, 1.54) is 93.3 Å². The molecule has 3 nitrogen and oxygen atoms in total. The summed E-state index contributed by atoms with van der Waals surface area (Å²) in [4.78, 5) is 2.41. The van der Waals surface area contributed by atoms with Crippen LogP contribution >= 0.6 is 0 Å². The molecule has 9 aromatic carbocycles. The fourth-order valence-corrected chi connectivity index (χ4v) is 10.6. The van der Waals surface area contributed by atoms with Crippen molar-refractivity contribution >= 4 is 77.0 Å². The molecule has 1 aliphatic rings. The van der Waals surface area contributed by atoms with Crippen LogP contribution in [-0.4, -0.2) is 8.97 Å². The van der Waals surface area contributed by atoms with Gasteiger partial charge in [-0.25, -0.2) is 0 Å². The molecule has 0 saturated heterocycles. The third-order valence-corrected chi connectivity index (χ3v) is 13.5. The van der Waals surface area contributed by atoms with Crippen molar-refractivity contribution in [1.82, 2.24) is 8.97 Å². The predicted molar refractivity (Wildman–Crippen MR) is 253 cm³/mol. The quantitative estimate of drug-likeness (QED) is 0.170. The van der Waals surface area contributed by atoms with Crippen molar-refractivity contribution in [3.8, 4) is 27.9 Å². The molecule has 3 aromatic heterocycles. The molecule has 0 amide bonds. The first-order chi connectivity index (χ1) is 29.5. The van der Waals surface area contributed by atoms with Gasteiger partial charge in [-0.2, -0.15) is 0 Å². The number of benzene rings is 9. The van der Waals surface area contributed by atoms with Crippen LogP contribution in [0.1, 0.15) is 25.0 Å². The van der Waals surface area contributed by atoms with Gasteiger partial charge in [0.2, 0.25) is 0 Å². The zero-order valence-corrected chi connectivity index (χ0v) is 33.4. The lowest BCUT2D eigenvalue weighted by atomic mass is 9.81. The fourth-order valence-electron chi connectivity index (χ4n) is 10.6. The Morgan fingerprint density at radius 1 is 0.367 bits per heavy atom. The summed E-state index contributed by atoms with van der Waals surface area (Å²) in [6.07, 6.45) is 0. The van der Waals surface area contributed by atoms with Crippen LogP contribution in [-0.2, 0) is 5.41 Å². The molecule has 3 heteroatoms. The summed E-state index contributed by atoms with van der Waals surface area (Å²) in [5, 5.41) is 7.66. The maximum atomic E-state index is 2.45. The molecule has 0 spiro atoms. The second-order valence-electron chi connectivity index (χ2n) is 17.0. The van der Waals surface area contributed by atoms with E-state index in [1.807, 2.05) is 0 Å². The number of hydrogen-bond acceptors (Lipinski definition) is 1. The molecule has 0 fully saturated rings. The predicted octanol–water partition coefficient (Wildman–Crippen LogP) is 15.4. The minimum Gasteiger partial charge on any atom is -0.310 e. The Hall–Kier alpha value is -7.62. The van der Waals surface area contributed by atoms with Crippen molar-refractivity contribution < 1.29 is 0 Å². The Morgan fingerprint density at radius 3 is 1.60 bits per heavy atom.